The third-order valence-corrected chi connectivity index (χ3v) is 4.87. The minimum absolute atomic E-state index is 0.623. The van der Waals surface area contributed by atoms with Gasteiger partial charge < -0.3 is 5.73 Å². The number of nitrogen functional groups attached to an aromatic ring is 1. The predicted molar refractivity (Wildman–Crippen MR) is 73.2 cm³/mol. The van der Waals surface area contributed by atoms with Gasteiger partial charge in [0.05, 0.1) is 4.90 Å². The Hall–Kier alpha value is -1.07. The van der Waals surface area contributed by atoms with Crippen LogP contribution in [0.1, 0.15) is 19.8 Å². The summed E-state index contributed by atoms with van der Waals surface area (Å²) in [6.07, 6.45) is 2.01. The van der Waals surface area contributed by atoms with Gasteiger partial charge in [0.2, 0.25) is 0 Å². The summed E-state index contributed by atoms with van der Waals surface area (Å²) < 4.78 is 18.8. The third-order valence-electron chi connectivity index (χ3n) is 2.46. The average molecular weight is 255 g/mol. The maximum absolute atomic E-state index is 12.8. The van der Waals surface area contributed by atoms with Gasteiger partial charge in [0, 0.05) is 26.3 Å². The lowest BCUT2D eigenvalue weighted by molar-refractivity contribution is 0.588. The predicted octanol–water partition coefficient (Wildman–Crippen LogP) is 2.37. The molecule has 0 aliphatic heterocycles. The number of nitrogens with two attached hydrogens (primary N) is 1. The Labute approximate surface area is 104 Å². The summed E-state index contributed by atoms with van der Waals surface area (Å²) in [6.45, 7) is 2.72. The molecule has 0 heterocycles. The van der Waals surface area contributed by atoms with E-state index in [2.05, 4.69) is 11.3 Å². The van der Waals surface area contributed by atoms with Crippen LogP contribution in [0.5, 0.6) is 0 Å². The molecule has 96 valence electrons. The van der Waals surface area contributed by atoms with Crippen molar-refractivity contribution in [1.82, 2.24) is 4.31 Å². The lowest BCUT2D eigenvalue weighted by Crippen LogP contribution is -2.22. The minimum atomic E-state index is -2.47. The van der Waals surface area contributed by atoms with Crippen molar-refractivity contribution >= 4 is 15.6 Å². The van der Waals surface area contributed by atoms with Crippen LogP contribution in [-0.2, 0) is 9.92 Å². The van der Waals surface area contributed by atoms with Crippen molar-refractivity contribution in [2.24, 2.45) is 4.36 Å². The van der Waals surface area contributed by atoms with Gasteiger partial charge in [-0.05, 0) is 30.7 Å². The summed E-state index contributed by atoms with van der Waals surface area (Å²) in [5.74, 6) is 0. The molecule has 0 spiro atoms. The molecule has 17 heavy (non-hydrogen) atoms. The first-order valence-corrected chi connectivity index (χ1v) is 7.24. The van der Waals surface area contributed by atoms with Crippen LogP contribution in [0.4, 0.5) is 5.69 Å². The highest BCUT2D eigenvalue weighted by Crippen LogP contribution is 2.18. The molecule has 2 N–H and O–H groups in total. The first kappa shape index (κ1) is 14.0. The van der Waals surface area contributed by atoms with E-state index in [-0.39, 0.29) is 0 Å². The third kappa shape index (κ3) is 3.44. The Morgan fingerprint density at radius 2 is 1.88 bits per heavy atom. The monoisotopic (exact) mass is 255 g/mol. The van der Waals surface area contributed by atoms with Crippen molar-refractivity contribution < 1.29 is 4.21 Å². The van der Waals surface area contributed by atoms with Gasteiger partial charge in [-0.1, -0.05) is 13.3 Å². The smallest absolute Gasteiger partial charge is 0.139 e. The topological polar surface area (TPSA) is 58.7 Å². The van der Waals surface area contributed by atoms with Gasteiger partial charge in [-0.3, -0.25) is 0 Å². The van der Waals surface area contributed by atoms with E-state index in [0.29, 0.717) is 17.1 Å². The standard InChI is InChI=1S/C12H21N3OS/c1-4-5-10-14-17(16,15(2)3)12-8-6-11(13)7-9-12/h6-9H,4-5,10,13H2,1-3H3. The Morgan fingerprint density at radius 1 is 1.29 bits per heavy atom. The van der Waals surface area contributed by atoms with Crippen molar-refractivity contribution in [2.45, 2.75) is 24.7 Å². The molecule has 1 aromatic carbocycles. The van der Waals surface area contributed by atoms with Gasteiger partial charge in [0.1, 0.15) is 9.92 Å². The van der Waals surface area contributed by atoms with Crippen LogP contribution in [0.25, 0.3) is 0 Å². The van der Waals surface area contributed by atoms with E-state index >= 15 is 0 Å². The van der Waals surface area contributed by atoms with Crippen LogP contribution in [0.2, 0.25) is 0 Å². The lowest BCUT2D eigenvalue weighted by Gasteiger charge is -2.17. The van der Waals surface area contributed by atoms with Crippen molar-refractivity contribution in [2.75, 3.05) is 26.4 Å². The maximum Gasteiger partial charge on any atom is 0.139 e. The summed E-state index contributed by atoms with van der Waals surface area (Å²) in [7, 11) is 1.10. The molecule has 0 bridgehead atoms. The Kier molecular flexibility index (Phi) is 4.96. The number of nitrogens with zero attached hydrogens (tertiary/aromatic N) is 2. The van der Waals surface area contributed by atoms with E-state index in [1.54, 1.807) is 42.7 Å². The number of hydrogen-bond acceptors (Lipinski definition) is 3. The van der Waals surface area contributed by atoms with E-state index in [1.807, 2.05) is 0 Å². The van der Waals surface area contributed by atoms with E-state index in [9.17, 15) is 4.21 Å². The molecule has 0 amide bonds. The molecule has 1 atom stereocenters. The molecular formula is C12H21N3OS. The Balaban J connectivity index is 3.12. The molecule has 1 rings (SSSR count). The van der Waals surface area contributed by atoms with Gasteiger partial charge in [-0.2, -0.15) is 0 Å². The van der Waals surface area contributed by atoms with E-state index in [4.69, 9.17) is 5.73 Å². The van der Waals surface area contributed by atoms with Crippen LogP contribution in [0.3, 0.4) is 0 Å². The molecule has 5 heteroatoms. The van der Waals surface area contributed by atoms with Gasteiger partial charge in [0.25, 0.3) is 0 Å². The number of hydrogen-bond donors (Lipinski definition) is 1. The number of benzene rings is 1. The zero-order valence-electron chi connectivity index (χ0n) is 10.7. The largest absolute Gasteiger partial charge is 0.399 e. The van der Waals surface area contributed by atoms with Crippen molar-refractivity contribution in [3.63, 3.8) is 0 Å². The number of rotatable bonds is 5. The summed E-state index contributed by atoms with van der Waals surface area (Å²) in [5.41, 5.74) is 6.30. The second kappa shape index (κ2) is 6.02. The highest BCUT2D eigenvalue weighted by Gasteiger charge is 2.14. The molecule has 0 fully saturated rings. The molecule has 0 aliphatic rings. The highest BCUT2D eigenvalue weighted by atomic mass is 32.2. The summed E-state index contributed by atoms with van der Waals surface area (Å²) in [5, 5.41) is 0. The van der Waals surface area contributed by atoms with E-state index in [0.717, 1.165) is 12.8 Å². The number of unbranched alkanes of at least 4 members (excludes halogenated alkanes) is 1. The van der Waals surface area contributed by atoms with Crippen molar-refractivity contribution in [1.29, 1.82) is 0 Å². The normalized spacial score (nSPS) is 14.6. The molecule has 0 saturated carbocycles. The molecule has 0 aliphatic carbocycles. The SMILES string of the molecule is CCCCN=S(=O)(c1ccc(N)cc1)N(C)C. The minimum Gasteiger partial charge on any atom is -0.399 e. The first-order chi connectivity index (χ1) is 8.00. The van der Waals surface area contributed by atoms with Gasteiger partial charge >= 0.3 is 0 Å². The fraction of sp³-hybridized carbons (Fsp3) is 0.500. The van der Waals surface area contributed by atoms with Crippen LogP contribution in [0, 0.1) is 0 Å². The lowest BCUT2D eigenvalue weighted by atomic mass is 10.3. The number of anilines is 1. The average Bonchev–Trinajstić information content (AvgIpc) is 2.29. The molecular weight excluding hydrogens is 234 g/mol. The fourth-order valence-electron chi connectivity index (χ4n) is 1.39. The fourth-order valence-corrected chi connectivity index (χ4v) is 3.06. The van der Waals surface area contributed by atoms with E-state index < -0.39 is 9.92 Å². The molecule has 1 unspecified atom stereocenters. The van der Waals surface area contributed by atoms with Crippen molar-refractivity contribution in [3.8, 4) is 0 Å². The van der Waals surface area contributed by atoms with Crippen molar-refractivity contribution in [3.05, 3.63) is 24.3 Å². The summed E-state index contributed by atoms with van der Waals surface area (Å²) >= 11 is 0. The highest BCUT2D eigenvalue weighted by molar-refractivity contribution is 7.91. The van der Waals surface area contributed by atoms with Crippen LogP contribution in [-0.4, -0.2) is 29.2 Å². The van der Waals surface area contributed by atoms with Gasteiger partial charge in [0.15, 0.2) is 0 Å². The van der Waals surface area contributed by atoms with Gasteiger partial charge in [-0.15, -0.1) is 0 Å². The summed E-state index contributed by atoms with van der Waals surface area (Å²) in [4.78, 5) is 0.716. The molecule has 4 nitrogen and oxygen atoms in total. The first-order valence-electron chi connectivity index (χ1n) is 5.76. The molecule has 0 radical (unpaired) electrons. The van der Waals surface area contributed by atoms with Crippen LogP contribution >= 0.6 is 0 Å². The van der Waals surface area contributed by atoms with E-state index in [1.165, 1.54) is 0 Å². The second-order valence-electron chi connectivity index (χ2n) is 4.08. The van der Waals surface area contributed by atoms with Crippen LogP contribution < -0.4 is 5.73 Å². The van der Waals surface area contributed by atoms with Crippen LogP contribution in [0.15, 0.2) is 33.5 Å². The summed E-state index contributed by atoms with van der Waals surface area (Å²) in [6, 6.07) is 7.09. The quantitative estimate of drug-likeness (QED) is 0.648. The maximum atomic E-state index is 12.8. The zero-order chi connectivity index (χ0) is 12.9. The Bertz CT molecular complexity index is 459. The molecule has 1 aromatic rings. The molecule has 0 aromatic heterocycles. The second-order valence-corrected chi connectivity index (χ2v) is 6.54. The Morgan fingerprint density at radius 3 is 2.35 bits per heavy atom. The van der Waals surface area contributed by atoms with Gasteiger partial charge in [-0.25, -0.2) is 12.9 Å². The molecule has 0 saturated heterocycles. The zero-order valence-corrected chi connectivity index (χ0v) is 11.5.